The maximum atomic E-state index is 12.9. The fourth-order valence-corrected chi connectivity index (χ4v) is 4.42. The minimum absolute atomic E-state index is 0.0711. The molecule has 1 aliphatic carbocycles. The summed E-state index contributed by atoms with van der Waals surface area (Å²) in [6, 6.07) is 1.93. The van der Waals surface area contributed by atoms with Gasteiger partial charge in [0.05, 0.1) is 11.3 Å². The Morgan fingerprint density at radius 3 is 2.75 bits per heavy atom. The summed E-state index contributed by atoms with van der Waals surface area (Å²) in [4.78, 5) is 30.9. The first-order valence-corrected chi connectivity index (χ1v) is 11.7. The lowest BCUT2D eigenvalue weighted by molar-refractivity contribution is -0.116. The number of nitrogens with zero attached hydrogens (tertiary/aromatic N) is 5. The van der Waals surface area contributed by atoms with Crippen LogP contribution >= 0.6 is 0 Å². The molecule has 1 aromatic heterocycles. The van der Waals surface area contributed by atoms with Crippen LogP contribution in [0.1, 0.15) is 38.8 Å². The molecule has 3 heterocycles. The zero-order chi connectivity index (χ0) is 22.5. The lowest BCUT2D eigenvalue weighted by atomic mass is 9.86. The second kappa shape index (κ2) is 10.1. The molecular weight excluding hydrogens is 400 g/mol. The molecule has 170 valence electrons. The predicted octanol–water partition coefficient (Wildman–Crippen LogP) is 3.26. The molecule has 1 fully saturated rings. The SMILES string of the molecule is Cc1ccnc(N2CCCN(C3=C(NC(=O)C4=CCCN=C4)C=CC(C(C)C)C3)CC2)n1. The van der Waals surface area contributed by atoms with Gasteiger partial charge in [0, 0.05) is 56.5 Å². The third-order valence-corrected chi connectivity index (χ3v) is 6.41. The number of dihydropyridines is 1. The topological polar surface area (TPSA) is 73.7 Å². The van der Waals surface area contributed by atoms with Crippen LogP contribution in [0.5, 0.6) is 0 Å². The molecule has 7 nitrogen and oxygen atoms in total. The molecule has 0 saturated carbocycles. The van der Waals surface area contributed by atoms with Crippen molar-refractivity contribution in [3.8, 4) is 0 Å². The van der Waals surface area contributed by atoms with Gasteiger partial charge in [-0.25, -0.2) is 9.97 Å². The van der Waals surface area contributed by atoms with Crippen LogP contribution in [-0.4, -0.2) is 59.7 Å². The normalized spacial score (nSPS) is 21.6. The quantitative estimate of drug-likeness (QED) is 0.770. The van der Waals surface area contributed by atoms with E-state index in [1.807, 2.05) is 25.3 Å². The Hall–Kier alpha value is -2.96. The van der Waals surface area contributed by atoms with Crippen LogP contribution in [0.4, 0.5) is 5.95 Å². The van der Waals surface area contributed by atoms with Gasteiger partial charge in [0.25, 0.3) is 5.91 Å². The van der Waals surface area contributed by atoms with E-state index >= 15 is 0 Å². The van der Waals surface area contributed by atoms with Gasteiger partial charge in [-0.2, -0.15) is 0 Å². The number of allylic oxidation sites excluding steroid dienone is 3. The standard InChI is InChI=1S/C25H34N6O/c1-18(2)20-7-8-22(29-24(32)21-6-4-10-26-17-21)23(16-20)30-12-5-13-31(15-14-30)25-27-11-9-19(3)28-25/h6-9,11,17-18,20H,4-5,10,12-16H2,1-3H3,(H,29,32). The Bertz CT molecular complexity index is 961. The number of aryl methyl sites for hydroxylation is 1. The molecular formula is C25H34N6O. The summed E-state index contributed by atoms with van der Waals surface area (Å²) in [5, 5.41) is 3.18. The molecule has 0 spiro atoms. The smallest absolute Gasteiger partial charge is 0.256 e. The highest BCUT2D eigenvalue weighted by Crippen LogP contribution is 2.31. The third-order valence-electron chi connectivity index (χ3n) is 6.41. The van der Waals surface area contributed by atoms with E-state index in [1.165, 1.54) is 5.70 Å². The van der Waals surface area contributed by atoms with Crippen molar-refractivity contribution >= 4 is 18.1 Å². The highest BCUT2D eigenvalue weighted by molar-refractivity contribution is 6.13. The van der Waals surface area contributed by atoms with Crippen LogP contribution in [0.25, 0.3) is 0 Å². The number of anilines is 1. The number of rotatable bonds is 5. The summed E-state index contributed by atoms with van der Waals surface area (Å²) in [5.41, 5.74) is 3.80. The summed E-state index contributed by atoms with van der Waals surface area (Å²) in [6.45, 7) is 10.9. The monoisotopic (exact) mass is 434 g/mol. The maximum Gasteiger partial charge on any atom is 0.256 e. The van der Waals surface area contributed by atoms with Gasteiger partial charge in [0.2, 0.25) is 5.95 Å². The van der Waals surface area contributed by atoms with Crippen LogP contribution in [0.3, 0.4) is 0 Å². The van der Waals surface area contributed by atoms with E-state index in [9.17, 15) is 4.79 Å². The Morgan fingerprint density at radius 1 is 1.19 bits per heavy atom. The van der Waals surface area contributed by atoms with Crippen molar-refractivity contribution < 1.29 is 4.79 Å². The largest absolute Gasteiger partial charge is 0.371 e. The second-order valence-corrected chi connectivity index (χ2v) is 9.09. The molecule has 4 rings (SSSR count). The molecule has 2 aliphatic heterocycles. The van der Waals surface area contributed by atoms with Crippen LogP contribution in [0.2, 0.25) is 0 Å². The van der Waals surface area contributed by atoms with Crippen LogP contribution in [-0.2, 0) is 4.79 Å². The maximum absolute atomic E-state index is 12.9. The summed E-state index contributed by atoms with van der Waals surface area (Å²) in [5.74, 6) is 1.76. The van der Waals surface area contributed by atoms with Gasteiger partial charge in [-0.1, -0.05) is 26.0 Å². The highest BCUT2D eigenvalue weighted by Gasteiger charge is 2.26. The average Bonchev–Trinajstić information content (AvgIpc) is 3.06. The van der Waals surface area contributed by atoms with E-state index in [4.69, 9.17) is 0 Å². The number of hydrogen-bond donors (Lipinski definition) is 1. The van der Waals surface area contributed by atoms with Crippen molar-refractivity contribution in [1.82, 2.24) is 20.2 Å². The zero-order valence-corrected chi connectivity index (χ0v) is 19.4. The van der Waals surface area contributed by atoms with Gasteiger partial charge in [-0.05, 0) is 50.2 Å². The summed E-state index contributed by atoms with van der Waals surface area (Å²) in [6.07, 6.45) is 12.6. The van der Waals surface area contributed by atoms with E-state index in [1.54, 1.807) is 6.21 Å². The second-order valence-electron chi connectivity index (χ2n) is 9.09. The van der Waals surface area contributed by atoms with Crippen molar-refractivity contribution in [3.05, 3.63) is 53.2 Å². The Morgan fingerprint density at radius 2 is 2.00 bits per heavy atom. The van der Waals surface area contributed by atoms with E-state index in [0.29, 0.717) is 17.4 Å². The Kier molecular flexibility index (Phi) is 7.02. The first-order valence-electron chi connectivity index (χ1n) is 11.7. The summed E-state index contributed by atoms with van der Waals surface area (Å²) >= 11 is 0. The van der Waals surface area contributed by atoms with Gasteiger partial charge < -0.3 is 15.1 Å². The van der Waals surface area contributed by atoms with Gasteiger partial charge in [-0.15, -0.1) is 0 Å². The molecule has 0 bridgehead atoms. The molecule has 1 atom stereocenters. The predicted molar refractivity (Wildman–Crippen MR) is 128 cm³/mol. The van der Waals surface area contributed by atoms with Gasteiger partial charge in [0.1, 0.15) is 0 Å². The van der Waals surface area contributed by atoms with Crippen molar-refractivity contribution in [1.29, 1.82) is 0 Å². The van der Waals surface area contributed by atoms with Crippen LogP contribution < -0.4 is 10.2 Å². The van der Waals surface area contributed by atoms with Gasteiger partial charge in [-0.3, -0.25) is 9.79 Å². The Balaban J connectivity index is 1.53. The number of aliphatic imine (C=N–C) groups is 1. The summed E-state index contributed by atoms with van der Waals surface area (Å²) in [7, 11) is 0. The number of carbonyl (C=O) groups is 1. The molecule has 1 amide bonds. The van der Waals surface area contributed by atoms with Crippen molar-refractivity contribution in [3.63, 3.8) is 0 Å². The van der Waals surface area contributed by atoms with E-state index < -0.39 is 0 Å². The lowest BCUT2D eigenvalue weighted by Gasteiger charge is -2.33. The van der Waals surface area contributed by atoms with Gasteiger partial charge in [0.15, 0.2) is 0 Å². The molecule has 1 unspecified atom stereocenters. The number of hydrogen-bond acceptors (Lipinski definition) is 6. The van der Waals surface area contributed by atoms with E-state index in [-0.39, 0.29) is 5.91 Å². The third kappa shape index (κ3) is 5.26. The van der Waals surface area contributed by atoms with Crippen molar-refractivity contribution in [2.24, 2.45) is 16.8 Å². The molecule has 1 saturated heterocycles. The van der Waals surface area contributed by atoms with E-state index in [0.717, 1.165) is 69.3 Å². The minimum Gasteiger partial charge on any atom is -0.371 e. The van der Waals surface area contributed by atoms with Crippen LogP contribution in [0, 0.1) is 18.8 Å². The lowest BCUT2D eigenvalue weighted by Crippen LogP contribution is -2.36. The molecule has 0 aromatic carbocycles. The molecule has 32 heavy (non-hydrogen) atoms. The number of carbonyl (C=O) groups excluding carboxylic acids is 1. The number of aromatic nitrogens is 2. The summed E-state index contributed by atoms with van der Waals surface area (Å²) < 4.78 is 0. The average molecular weight is 435 g/mol. The molecule has 7 heteroatoms. The minimum atomic E-state index is -0.0711. The first kappa shape index (κ1) is 22.2. The fraction of sp³-hybridized carbons (Fsp3) is 0.520. The van der Waals surface area contributed by atoms with Crippen LogP contribution in [0.15, 0.2) is 52.5 Å². The molecule has 1 N–H and O–H groups in total. The highest BCUT2D eigenvalue weighted by atomic mass is 16.1. The first-order chi connectivity index (χ1) is 15.5. The van der Waals surface area contributed by atoms with Crippen molar-refractivity contribution in [2.75, 3.05) is 37.6 Å². The number of amides is 1. The number of nitrogens with one attached hydrogen (secondary N) is 1. The molecule has 1 aromatic rings. The zero-order valence-electron chi connectivity index (χ0n) is 19.4. The van der Waals surface area contributed by atoms with Gasteiger partial charge >= 0.3 is 0 Å². The van der Waals surface area contributed by atoms with Crippen molar-refractivity contribution in [2.45, 2.75) is 40.0 Å². The Labute approximate surface area is 191 Å². The fourth-order valence-electron chi connectivity index (χ4n) is 4.42. The molecule has 0 radical (unpaired) electrons. The molecule has 3 aliphatic rings. The van der Waals surface area contributed by atoms with E-state index in [2.05, 4.69) is 56.1 Å².